The fraction of sp³-hybridized carbons (Fsp3) is 0.500. The van der Waals surface area contributed by atoms with Gasteiger partial charge in [-0.25, -0.2) is 4.79 Å². The van der Waals surface area contributed by atoms with E-state index in [1.807, 2.05) is 52.0 Å². The zero-order valence-electron chi connectivity index (χ0n) is 20.8. The van der Waals surface area contributed by atoms with Crippen molar-refractivity contribution in [2.24, 2.45) is 11.8 Å². The van der Waals surface area contributed by atoms with E-state index in [4.69, 9.17) is 9.15 Å². The van der Waals surface area contributed by atoms with Crippen LogP contribution in [0.15, 0.2) is 34.7 Å². The van der Waals surface area contributed by atoms with Crippen molar-refractivity contribution in [1.82, 2.24) is 0 Å². The Morgan fingerprint density at radius 3 is 2.32 bits per heavy atom. The minimum absolute atomic E-state index is 0.0163. The Hall–Kier alpha value is -2.86. The van der Waals surface area contributed by atoms with Crippen LogP contribution in [0.25, 0.3) is 21.9 Å². The van der Waals surface area contributed by atoms with E-state index in [9.17, 15) is 14.7 Å². The Bertz CT molecular complexity index is 1200. The molecule has 4 rings (SSSR count). The van der Waals surface area contributed by atoms with Crippen molar-refractivity contribution < 1.29 is 23.8 Å². The number of carboxylic acid groups (broad SMARTS) is 1. The van der Waals surface area contributed by atoms with Crippen molar-refractivity contribution in [3.63, 3.8) is 0 Å². The van der Waals surface area contributed by atoms with E-state index in [-0.39, 0.29) is 29.5 Å². The van der Waals surface area contributed by atoms with Crippen LogP contribution in [0, 0.1) is 11.8 Å². The number of carboxylic acids is 1. The Kier molecular flexibility index (Phi) is 6.99. The van der Waals surface area contributed by atoms with Gasteiger partial charge >= 0.3 is 5.97 Å². The molecule has 3 aromatic rings. The molecule has 1 aliphatic carbocycles. The second kappa shape index (κ2) is 9.79. The highest BCUT2D eigenvalue weighted by Gasteiger charge is 2.32. The molecule has 0 atom stereocenters. The highest BCUT2D eigenvalue weighted by molar-refractivity contribution is 6.12. The Morgan fingerprint density at radius 2 is 1.71 bits per heavy atom. The molecule has 6 nitrogen and oxygen atoms in total. The minimum Gasteiger partial charge on any atom is -0.478 e. The second-order valence-corrected chi connectivity index (χ2v) is 10.2. The standard InChI is InChI=1S/C28H35NO5/c1-16(2)29(27(30)20-9-6-18(5)7-10-20)24-13-22-21-12-19(15-33-17(3)4)8-11-25(21)34-26(22)14-23(24)28(31)32/h8,11-14,16-18,20H,6-7,9-10,15H2,1-5H3,(H,31,32). The molecule has 0 bridgehead atoms. The van der Waals surface area contributed by atoms with Crippen LogP contribution in [0.5, 0.6) is 0 Å². The summed E-state index contributed by atoms with van der Waals surface area (Å²) in [6.07, 6.45) is 3.88. The van der Waals surface area contributed by atoms with E-state index in [1.165, 1.54) is 0 Å². The Morgan fingerprint density at radius 1 is 1.03 bits per heavy atom. The van der Waals surface area contributed by atoms with Crippen molar-refractivity contribution in [2.75, 3.05) is 4.90 Å². The monoisotopic (exact) mass is 465 g/mol. The third-order valence-corrected chi connectivity index (χ3v) is 6.84. The number of fused-ring (bicyclic) bond motifs is 3. The van der Waals surface area contributed by atoms with Crippen LogP contribution in [0.2, 0.25) is 0 Å². The molecule has 182 valence electrons. The summed E-state index contributed by atoms with van der Waals surface area (Å²) in [5.74, 6) is -0.493. The van der Waals surface area contributed by atoms with Gasteiger partial charge in [-0.2, -0.15) is 0 Å². The summed E-state index contributed by atoms with van der Waals surface area (Å²) in [6, 6.07) is 9.08. The van der Waals surface area contributed by atoms with Gasteiger partial charge in [0.25, 0.3) is 0 Å². The van der Waals surface area contributed by atoms with Crippen molar-refractivity contribution in [1.29, 1.82) is 0 Å². The number of nitrogens with zero attached hydrogens (tertiary/aromatic N) is 1. The van der Waals surface area contributed by atoms with Crippen molar-refractivity contribution in [3.05, 3.63) is 41.5 Å². The summed E-state index contributed by atoms with van der Waals surface area (Å²) in [4.78, 5) is 27.6. The molecule has 0 radical (unpaired) electrons. The number of aromatic carboxylic acids is 1. The van der Waals surface area contributed by atoms with Crippen molar-refractivity contribution >= 4 is 39.5 Å². The quantitative estimate of drug-likeness (QED) is 0.416. The lowest BCUT2D eigenvalue weighted by molar-refractivity contribution is -0.123. The first-order valence-corrected chi connectivity index (χ1v) is 12.3. The summed E-state index contributed by atoms with van der Waals surface area (Å²) in [5, 5.41) is 11.7. The summed E-state index contributed by atoms with van der Waals surface area (Å²) in [7, 11) is 0. The molecule has 0 aliphatic heterocycles. The molecule has 34 heavy (non-hydrogen) atoms. The van der Waals surface area contributed by atoms with Crippen molar-refractivity contribution in [3.8, 4) is 0 Å². The summed E-state index contributed by atoms with van der Waals surface area (Å²) < 4.78 is 11.8. The fourth-order valence-electron chi connectivity index (χ4n) is 4.94. The van der Waals surface area contributed by atoms with E-state index in [1.54, 1.807) is 11.0 Å². The number of furan rings is 1. The number of benzene rings is 2. The number of anilines is 1. The molecule has 6 heteroatoms. The molecule has 0 saturated heterocycles. The molecular weight excluding hydrogens is 430 g/mol. The van der Waals surface area contributed by atoms with Gasteiger partial charge in [0.05, 0.1) is 24.0 Å². The maximum atomic E-state index is 13.7. The van der Waals surface area contributed by atoms with Gasteiger partial charge in [-0.05, 0) is 89.1 Å². The molecule has 1 heterocycles. The number of ether oxygens (including phenoxy) is 1. The largest absolute Gasteiger partial charge is 0.478 e. The SMILES string of the molecule is CC1CCC(C(=O)N(c2cc3c(cc2C(=O)O)oc2ccc(COC(C)C)cc23)C(C)C)CC1. The van der Waals surface area contributed by atoms with Gasteiger partial charge in [-0.3, -0.25) is 4.79 Å². The van der Waals surface area contributed by atoms with Crippen molar-refractivity contribution in [2.45, 2.75) is 79.1 Å². The first-order chi connectivity index (χ1) is 16.2. The third kappa shape index (κ3) is 4.83. The molecule has 1 N–H and O–H groups in total. The van der Waals surface area contributed by atoms with Crippen LogP contribution in [-0.4, -0.2) is 29.1 Å². The van der Waals surface area contributed by atoms with Gasteiger partial charge in [0.15, 0.2) is 0 Å². The number of rotatable bonds is 7. The van der Waals surface area contributed by atoms with Crippen LogP contribution in [0.3, 0.4) is 0 Å². The molecule has 0 spiro atoms. The second-order valence-electron chi connectivity index (χ2n) is 10.2. The Balaban J connectivity index is 1.82. The van der Waals surface area contributed by atoms with Gasteiger partial charge in [0, 0.05) is 22.7 Å². The minimum atomic E-state index is -1.07. The van der Waals surface area contributed by atoms with Gasteiger partial charge in [0.2, 0.25) is 5.91 Å². The third-order valence-electron chi connectivity index (χ3n) is 6.84. The summed E-state index contributed by atoms with van der Waals surface area (Å²) in [5.41, 5.74) is 2.72. The average Bonchev–Trinajstić information content (AvgIpc) is 3.14. The van der Waals surface area contributed by atoms with Crippen LogP contribution in [0.4, 0.5) is 5.69 Å². The van der Waals surface area contributed by atoms with Crippen LogP contribution in [0.1, 0.15) is 76.2 Å². The van der Waals surface area contributed by atoms with E-state index < -0.39 is 5.97 Å². The molecule has 1 fully saturated rings. The molecule has 1 aromatic heterocycles. The highest BCUT2D eigenvalue weighted by Crippen LogP contribution is 2.38. The lowest BCUT2D eigenvalue weighted by Crippen LogP contribution is -2.42. The lowest BCUT2D eigenvalue weighted by atomic mass is 9.82. The van der Waals surface area contributed by atoms with Gasteiger partial charge in [0.1, 0.15) is 11.2 Å². The zero-order valence-corrected chi connectivity index (χ0v) is 20.8. The van der Waals surface area contributed by atoms with E-state index >= 15 is 0 Å². The maximum absolute atomic E-state index is 13.7. The molecular formula is C28H35NO5. The number of carbonyl (C=O) groups excluding carboxylic acids is 1. The van der Waals surface area contributed by atoms with Crippen LogP contribution < -0.4 is 4.90 Å². The zero-order chi connectivity index (χ0) is 24.6. The number of amides is 1. The molecule has 1 saturated carbocycles. The van der Waals surface area contributed by atoms with Gasteiger partial charge < -0.3 is 19.2 Å². The maximum Gasteiger partial charge on any atom is 0.337 e. The topological polar surface area (TPSA) is 80.0 Å². The molecule has 1 amide bonds. The van der Waals surface area contributed by atoms with E-state index in [0.717, 1.165) is 42.0 Å². The molecule has 2 aromatic carbocycles. The first kappa shape index (κ1) is 24.3. The fourth-order valence-corrected chi connectivity index (χ4v) is 4.94. The first-order valence-electron chi connectivity index (χ1n) is 12.3. The number of hydrogen-bond donors (Lipinski definition) is 1. The molecule has 1 aliphatic rings. The highest BCUT2D eigenvalue weighted by atomic mass is 16.5. The average molecular weight is 466 g/mol. The van der Waals surface area contributed by atoms with Crippen LogP contribution in [-0.2, 0) is 16.1 Å². The summed E-state index contributed by atoms with van der Waals surface area (Å²) >= 11 is 0. The van der Waals surface area contributed by atoms with Gasteiger partial charge in [-0.1, -0.05) is 13.0 Å². The Labute approximate surface area is 200 Å². The predicted molar refractivity (Wildman–Crippen MR) is 134 cm³/mol. The normalized spacial score (nSPS) is 18.8. The lowest BCUT2D eigenvalue weighted by Gasteiger charge is -2.34. The smallest absolute Gasteiger partial charge is 0.337 e. The van der Waals surface area contributed by atoms with Crippen LogP contribution >= 0.6 is 0 Å². The predicted octanol–water partition coefficient (Wildman–Crippen LogP) is 6.78. The van der Waals surface area contributed by atoms with E-state index in [0.29, 0.717) is 29.4 Å². The molecule has 0 unspecified atom stereocenters. The van der Waals surface area contributed by atoms with E-state index in [2.05, 4.69) is 6.92 Å². The van der Waals surface area contributed by atoms with Gasteiger partial charge in [-0.15, -0.1) is 0 Å². The summed E-state index contributed by atoms with van der Waals surface area (Å²) in [6.45, 7) is 10.6. The number of carbonyl (C=O) groups is 2. The number of hydrogen-bond acceptors (Lipinski definition) is 4.